The van der Waals surface area contributed by atoms with Crippen molar-refractivity contribution < 1.29 is 9.53 Å². The van der Waals surface area contributed by atoms with E-state index in [1.165, 1.54) is 12.4 Å². The van der Waals surface area contributed by atoms with E-state index in [1.54, 1.807) is 18.2 Å². The molecule has 0 bridgehead atoms. The van der Waals surface area contributed by atoms with Crippen LogP contribution in [0.3, 0.4) is 0 Å². The molecule has 6 heteroatoms. The number of anilines is 1. The van der Waals surface area contributed by atoms with Gasteiger partial charge in [0.1, 0.15) is 11.6 Å². The fraction of sp³-hybridized carbons (Fsp3) is 0. The molecule has 2 rings (SSSR count). The van der Waals surface area contributed by atoms with Gasteiger partial charge in [0, 0.05) is 4.47 Å². The zero-order valence-electron chi connectivity index (χ0n) is 8.63. The monoisotopic (exact) mass is 293 g/mol. The molecule has 0 aliphatic rings. The van der Waals surface area contributed by atoms with E-state index in [0.717, 1.165) is 4.47 Å². The molecular weight excluding hydrogens is 286 g/mol. The zero-order valence-corrected chi connectivity index (χ0v) is 10.2. The van der Waals surface area contributed by atoms with E-state index in [0.29, 0.717) is 5.75 Å². The quantitative estimate of drug-likeness (QED) is 0.677. The smallest absolute Gasteiger partial charge is 0.363 e. The number of esters is 1. The number of halogens is 1. The van der Waals surface area contributed by atoms with E-state index in [-0.39, 0.29) is 11.5 Å². The predicted molar refractivity (Wildman–Crippen MR) is 65.5 cm³/mol. The van der Waals surface area contributed by atoms with E-state index in [9.17, 15) is 4.79 Å². The second kappa shape index (κ2) is 4.92. The van der Waals surface area contributed by atoms with Gasteiger partial charge in [0.2, 0.25) is 0 Å². The van der Waals surface area contributed by atoms with Crippen LogP contribution in [0.2, 0.25) is 0 Å². The Kier molecular flexibility index (Phi) is 3.34. The second-order valence-electron chi connectivity index (χ2n) is 3.17. The summed E-state index contributed by atoms with van der Waals surface area (Å²) in [5.41, 5.74) is 5.48. The number of carbonyl (C=O) groups is 1. The van der Waals surface area contributed by atoms with Crippen LogP contribution in [0.5, 0.6) is 5.75 Å². The highest BCUT2D eigenvalue weighted by atomic mass is 79.9. The van der Waals surface area contributed by atoms with Crippen molar-refractivity contribution in [3.05, 3.63) is 46.8 Å². The van der Waals surface area contributed by atoms with Crippen molar-refractivity contribution in [2.24, 2.45) is 0 Å². The van der Waals surface area contributed by atoms with Crippen LogP contribution in [0, 0.1) is 0 Å². The van der Waals surface area contributed by atoms with Gasteiger partial charge in [-0.15, -0.1) is 0 Å². The Morgan fingerprint density at radius 2 is 2.12 bits per heavy atom. The number of carbonyl (C=O) groups excluding carboxylic acids is 1. The Labute approximate surface area is 106 Å². The average molecular weight is 294 g/mol. The Bertz CT molecular complexity index is 543. The van der Waals surface area contributed by atoms with Crippen LogP contribution in [0.15, 0.2) is 41.1 Å². The first kappa shape index (κ1) is 11.5. The summed E-state index contributed by atoms with van der Waals surface area (Å²) >= 11 is 3.28. The van der Waals surface area contributed by atoms with E-state index in [4.69, 9.17) is 10.5 Å². The van der Waals surface area contributed by atoms with Crippen LogP contribution in [0.1, 0.15) is 10.5 Å². The molecule has 0 fully saturated rings. The first-order valence-corrected chi connectivity index (χ1v) is 5.50. The van der Waals surface area contributed by atoms with Crippen LogP contribution >= 0.6 is 15.9 Å². The molecule has 2 aromatic rings. The Morgan fingerprint density at radius 1 is 1.29 bits per heavy atom. The topological polar surface area (TPSA) is 78.1 Å². The maximum Gasteiger partial charge on any atom is 0.363 e. The van der Waals surface area contributed by atoms with Crippen molar-refractivity contribution in [1.82, 2.24) is 9.97 Å². The lowest BCUT2D eigenvalue weighted by molar-refractivity contribution is 0.0728. The Morgan fingerprint density at radius 3 is 2.76 bits per heavy atom. The number of nitrogen functional groups attached to an aromatic ring is 1. The molecule has 1 aromatic heterocycles. The lowest BCUT2D eigenvalue weighted by Crippen LogP contribution is -2.11. The van der Waals surface area contributed by atoms with Crippen molar-refractivity contribution in [3.8, 4) is 5.75 Å². The zero-order chi connectivity index (χ0) is 12.3. The van der Waals surface area contributed by atoms with Crippen molar-refractivity contribution in [2.45, 2.75) is 0 Å². The van der Waals surface area contributed by atoms with Gasteiger partial charge in [0.15, 0.2) is 5.69 Å². The van der Waals surface area contributed by atoms with E-state index in [1.807, 2.05) is 6.07 Å². The number of rotatable bonds is 2. The molecule has 0 spiro atoms. The van der Waals surface area contributed by atoms with Gasteiger partial charge in [-0.2, -0.15) is 0 Å². The van der Waals surface area contributed by atoms with Crippen molar-refractivity contribution in [1.29, 1.82) is 0 Å². The van der Waals surface area contributed by atoms with E-state index >= 15 is 0 Å². The van der Waals surface area contributed by atoms with Crippen molar-refractivity contribution in [2.75, 3.05) is 5.73 Å². The first-order valence-electron chi connectivity index (χ1n) is 4.70. The molecule has 17 heavy (non-hydrogen) atoms. The third-order valence-corrected chi connectivity index (χ3v) is 2.38. The summed E-state index contributed by atoms with van der Waals surface area (Å²) in [5, 5.41) is 0. The lowest BCUT2D eigenvalue weighted by Gasteiger charge is -2.03. The average Bonchev–Trinajstić information content (AvgIpc) is 2.29. The normalized spacial score (nSPS) is 9.94. The Balaban J connectivity index is 2.14. The maximum atomic E-state index is 11.7. The van der Waals surface area contributed by atoms with Gasteiger partial charge in [-0.25, -0.2) is 14.8 Å². The van der Waals surface area contributed by atoms with Gasteiger partial charge in [0.25, 0.3) is 0 Å². The molecule has 0 aliphatic carbocycles. The molecule has 0 atom stereocenters. The number of ether oxygens (including phenoxy) is 1. The lowest BCUT2D eigenvalue weighted by atomic mass is 10.3. The summed E-state index contributed by atoms with van der Waals surface area (Å²) in [6, 6.07) is 6.96. The van der Waals surface area contributed by atoms with Crippen LogP contribution in [0.25, 0.3) is 0 Å². The minimum Gasteiger partial charge on any atom is -0.422 e. The molecule has 86 valence electrons. The molecule has 0 saturated heterocycles. The van der Waals surface area contributed by atoms with Gasteiger partial charge in [-0.1, -0.05) is 22.0 Å². The predicted octanol–water partition coefficient (Wildman–Crippen LogP) is 2.04. The fourth-order valence-corrected chi connectivity index (χ4v) is 1.51. The van der Waals surface area contributed by atoms with Gasteiger partial charge in [0.05, 0.1) is 12.4 Å². The molecule has 1 aromatic carbocycles. The van der Waals surface area contributed by atoms with Gasteiger partial charge >= 0.3 is 5.97 Å². The number of aromatic nitrogens is 2. The van der Waals surface area contributed by atoms with Gasteiger partial charge < -0.3 is 10.5 Å². The summed E-state index contributed by atoms with van der Waals surface area (Å²) in [6.07, 6.45) is 2.58. The van der Waals surface area contributed by atoms with Crippen molar-refractivity contribution in [3.63, 3.8) is 0 Å². The number of nitrogens with zero attached hydrogens (tertiary/aromatic N) is 2. The van der Waals surface area contributed by atoms with Crippen LogP contribution in [-0.4, -0.2) is 15.9 Å². The first-order chi connectivity index (χ1) is 8.15. The van der Waals surface area contributed by atoms with E-state index in [2.05, 4.69) is 25.9 Å². The highest BCUT2D eigenvalue weighted by Crippen LogP contribution is 2.18. The Hall–Kier alpha value is -1.95. The molecule has 0 unspecified atom stereocenters. The summed E-state index contributed by atoms with van der Waals surface area (Å²) in [4.78, 5) is 19.2. The third-order valence-electron chi connectivity index (χ3n) is 1.89. The molecular formula is C11H8BrN3O2. The second-order valence-corrected chi connectivity index (χ2v) is 4.09. The maximum absolute atomic E-state index is 11.7. The number of hydrogen-bond donors (Lipinski definition) is 1. The third kappa shape index (κ3) is 3.01. The summed E-state index contributed by atoms with van der Waals surface area (Å²) < 4.78 is 5.93. The number of hydrogen-bond acceptors (Lipinski definition) is 5. The highest BCUT2D eigenvalue weighted by Gasteiger charge is 2.10. The largest absolute Gasteiger partial charge is 0.422 e. The summed E-state index contributed by atoms with van der Waals surface area (Å²) in [7, 11) is 0. The van der Waals surface area contributed by atoms with Crippen LogP contribution < -0.4 is 10.5 Å². The summed E-state index contributed by atoms with van der Waals surface area (Å²) in [5.74, 6) is 0.114. The minimum absolute atomic E-state index is 0.110. The van der Waals surface area contributed by atoms with Crippen LogP contribution in [-0.2, 0) is 0 Å². The fourth-order valence-electron chi connectivity index (χ4n) is 1.13. The standard InChI is InChI=1S/C11H8BrN3O2/c12-7-2-1-3-8(4-7)17-11(16)9-5-15-10(13)6-14-9/h1-6H,(H2,13,15). The van der Waals surface area contributed by atoms with Crippen molar-refractivity contribution >= 4 is 27.7 Å². The molecule has 0 radical (unpaired) electrons. The molecule has 0 saturated carbocycles. The molecule has 1 heterocycles. The highest BCUT2D eigenvalue weighted by molar-refractivity contribution is 9.10. The number of nitrogens with two attached hydrogens (primary N) is 1. The minimum atomic E-state index is -0.574. The molecule has 0 amide bonds. The molecule has 5 nitrogen and oxygen atoms in total. The van der Waals surface area contributed by atoms with E-state index < -0.39 is 5.97 Å². The molecule has 0 aliphatic heterocycles. The van der Waals surface area contributed by atoms with Gasteiger partial charge in [-0.3, -0.25) is 0 Å². The SMILES string of the molecule is Nc1cnc(C(=O)Oc2cccc(Br)c2)cn1. The number of benzene rings is 1. The van der Waals surface area contributed by atoms with Gasteiger partial charge in [-0.05, 0) is 18.2 Å². The molecule has 2 N–H and O–H groups in total. The van der Waals surface area contributed by atoms with Crippen LogP contribution in [0.4, 0.5) is 5.82 Å². The summed E-state index contributed by atoms with van der Waals surface area (Å²) in [6.45, 7) is 0.